The Labute approximate surface area is 103 Å². The number of aromatic nitrogens is 4. The summed E-state index contributed by atoms with van der Waals surface area (Å²) in [7, 11) is 0. The second kappa shape index (κ2) is 5.46. The topological polar surface area (TPSA) is 67.4 Å². The lowest BCUT2D eigenvalue weighted by atomic mass is 10.3. The number of para-hydroxylation sites is 1. The Morgan fingerprint density at radius 2 is 2.18 bits per heavy atom. The largest absolute Gasteiger partial charge is 0.214 e. The zero-order valence-corrected chi connectivity index (χ0v) is 10.1. The lowest BCUT2D eigenvalue weighted by molar-refractivity contribution is 0.754. The van der Waals surface area contributed by atoms with Crippen LogP contribution in [0.5, 0.6) is 0 Å². The van der Waals surface area contributed by atoms with E-state index in [1.165, 1.54) is 11.8 Å². The van der Waals surface area contributed by atoms with Crippen molar-refractivity contribution in [3.05, 3.63) is 30.3 Å². The van der Waals surface area contributed by atoms with Gasteiger partial charge < -0.3 is 0 Å². The van der Waals surface area contributed by atoms with Crippen LogP contribution in [0.4, 0.5) is 0 Å². The van der Waals surface area contributed by atoms with Crippen molar-refractivity contribution >= 4 is 11.8 Å². The number of nitrogens with zero attached hydrogens (tertiary/aromatic N) is 5. The maximum absolute atomic E-state index is 8.73. The highest BCUT2D eigenvalue weighted by Gasteiger charge is 2.10. The molecule has 1 aromatic heterocycles. The lowest BCUT2D eigenvalue weighted by Gasteiger charge is -2.04. The first kappa shape index (κ1) is 11.6. The van der Waals surface area contributed by atoms with E-state index in [1.807, 2.05) is 37.3 Å². The van der Waals surface area contributed by atoms with Gasteiger partial charge in [0.1, 0.15) is 0 Å². The third-order valence-electron chi connectivity index (χ3n) is 2.12. The van der Waals surface area contributed by atoms with Crippen LogP contribution in [0.1, 0.15) is 6.92 Å². The average molecular weight is 245 g/mol. The smallest absolute Gasteiger partial charge is 0.198 e. The number of benzene rings is 1. The molecule has 0 amide bonds. The molecule has 0 saturated carbocycles. The Balaban J connectivity index is 2.16. The SMILES string of the molecule is C[C@@H](C#N)CSc1nnnn1-c1ccccc1. The van der Waals surface area contributed by atoms with Crippen molar-refractivity contribution in [1.29, 1.82) is 5.26 Å². The standard InChI is InChI=1S/C11H11N5S/c1-9(7-12)8-17-11-13-14-15-16(11)10-5-3-2-4-6-10/h2-6,9H,8H2,1H3/t9-/m0/s1. The van der Waals surface area contributed by atoms with Crippen molar-refractivity contribution in [3.63, 3.8) is 0 Å². The lowest BCUT2D eigenvalue weighted by Crippen LogP contribution is -2.01. The number of tetrazole rings is 1. The summed E-state index contributed by atoms with van der Waals surface area (Å²) in [6.45, 7) is 1.88. The van der Waals surface area contributed by atoms with Crippen molar-refractivity contribution in [1.82, 2.24) is 20.2 Å². The third-order valence-corrected chi connectivity index (χ3v) is 3.30. The predicted octanol–water partition coefficient (Wildman–Crippen LogP) is 1.91. The minimum atomic E-state index is -0.0130. The van der Waals surface area contributed by atoms with Gasteiger partial charge in [-0.15, -0.1) is 5.10 Å². The predicted molar refractivity (Wildman–Crippen MR) is 64.7 cm³/mol. The number of thioether (sulfide) groups is 1. The van der Waals surface area contributed by atoms with Crippen LogP contribution in [-0.4, -0.2) is 26.0 Å². The second-order valence-electron chi connectivity index (χ2n) is 3.55. The average Bonchev–Trinajstić information content (AvgIpc) is 2.85. The molecule has 1 heterocycles. The first-order chi connectivity index (χ1) is 8.31. The summed E-state index contributed by atoms with van der Waals surface area (Å²) in [5.41, 5.74) is 0.921. The second-order valence-corrected chi connectivity index (χ2v) is 4.54. The van der Waals surface area contributed by atoms with Gasteiger partial charge in [0.25, 0.3) is 0 Å². The Kier molecular flexibility index (Phi) is 3.73. The van der Waals surface area contributed by atoms with Gasteiger partial charge >= 0.3 is 0 Å². The van der Waals surface area contributed by atoms with Gasteiger partial charge in [-0.05, 0) is 29.5 Å². The number of rotatable bonds is 4. The Hall–Kier alpha value is -1.87. The van der Waals surface area contributed by atoms with Gasteiger partial charge in [-0.2, -0.15) is 9.94 Å². The van der Waals surface area contributed by atoms with Crippen molar-refractivity contribution in [2.24, 2.45) is 5.92 Å². The highest BCUT2D eigenvalue weighted by Crippen LogP contribution is 2.19. The van der Waals surface area contributed by atoms with E-state index in [1.54, 1.807) is 4.68 Å². The van der Waals surface area contributed by atoms with Crippen molar-refractivity contribution in [3.8, 4) is 11.8 Å². The molecule has 0 fully saturated rings. The molecule has 0 radical (unpaired) electrons. The van der Waals surface area contributed by atoms with Crippen LogP contribution in [0.3, 0.4) is 0 Å². The molecule has 0 unspecified atom stereocenters. The summed E-state index contributed by atoms with van der Waals surface area (Å²) < 4.78 is 1.68. The van der Waals surface area contributed by atoms with Crippen molar-refractivity contribution in [2.45, 2.75) is 12.1 Å². The first-order valence-corrected chi connectivity index (χ1v) is 6.16. The molecule has 0 aliphatic carbocycles. The molecule has 6 heteroatoms. The molecule has 17 heavy (non-hydrogen) atoms. The van der Waals surface area contributed by atoms with Gasteiger partial charge in [-0.1, -0.05) is 30.0 Å². The molecule has 86 valence electrons. The third kappa shape index (κ3) is 2.82. The molecular weight excluding hydrogens is 234 g/mol. The van der Waals surface area contributed by atoms with Crippen molar-refractivity contribution in [2.75, 3.05) is 5.75 Å². The number of hydrogen-bond donors (Lipinski definition) is 0. The molecule has 0 bridgehead atoms. The van der Waals surface area contributed by atoms with Crippen LogP contribution in [0.15, 0.2) is 35.5 Å². The molecule has 5 nitrogen and oxygen atoms in total. The summed E-state index contributed by atoms with van der Waals surface area (Å²) in [6, 6.07) is 11.9. The van der Waals surface area contributed by atoms with Gasteiger partial charge in [-0.25, -0.2) is 0 Å². The molecule has 1 atom stereocenters. The van der Waals surface area contributed by atoms with E-state index >= 15 is 0 Å². The molecule has 0 spiro atoms. The molecule has 0 aliphatic heterocycles. The molecule has 0 aliphatic rings. The van der Waals surface area contributed by atoms with Crippen LogP contribution in [0, 0.1) is 17.2 Å². The van der Waals surface area contributed by atoms with Crippen LogP contribution < -0.4 is 0 Å². The van der Waals surface area contributed by atoms with Gasteiger partial charge in [0.15, 0.2) is 0 Å². The Morgan fingerprint density at radius 1 is 1.41 bits per heavy atom. The van der Waals surface area contributed by atoms with Crippen LogP contribution >= 0.6 is 11.8 Å². The molecule has 0 saturated heterocycles. The maximum Gasteiger partial charge on any atom is 0.214 e. The summed E-state index contributed by atoms with van der Waals surface area (Å²) >= 11 is 1.49. The summed E-state index contributed by atoms with van der Waals surface area (Å²) in [5, 5.41) is 21.0. The van der Waals surface area contributed by atoms with E-state index in [4.69, 9.17) is 5.26 Å². The van der Waals surface area contributed by atoms with E-state index in [2.05, 4.69) is 21.6 Å². The highest BCUT2D eigenvalue weighted by atomic mass is 32.2. The monoisotopic (exact) mass is 245 g/mol. The Morgan fingerprint density at radius 3 is 2.88 bits per heavy atom. The van der Waals surface area contributed by atoms with E-state index in [-0.39, 0.29) is 5.92 Å². The van der Waals surface area contributed by atoms with E-state index in [0.29, 0.717) is 10.9 Å². The van der Waals surface area contributed by atoms with Crippen molar-refractivity contribution < 1.29 is 0 Å². The van der Waals surface area contributed by atoms with Gasteiger partial charge in [0.05, 0.1) is 17.7 Å². The zero-order chi connectivity index (χ0) is 12.1. The maximum atomic E-state index is 8.73. The molecule has 0 N–H and O–H groups in total. The molecular formula is C11H11N5S. The van der Waals surface area contributed by atoms with Crippen LogP contribution in [-0.2, 0) is 0 Å². The van der Waals surface area contributed by atoms with E-state index in [0.717, 1.165) is 5.69 Å². The van der Waals surface area contributed by atoms with Gasteiger partial charge in [0.2, 0.25) is 5.16 Å². The molecule has 2 rings (SSSR count). The fourth-order valence-electron chi connectivity index (χ4n) is 1.24. The molecule has 1 aromatic carbocycles. The van der Waals surface area contributed by atoms with E-state index < -0.39 is 0 Å². The van der Waals surface area contributed by atoms with Crippen LogP contribution in [0.2, 0.25) is 0 Å². The quantitative estimate of drug-likeness (QED) is 0.770. The zero-order valence-electron chi connectivity index (χ0n) is 9.32. The highest BCUT2D eigenvalue weighted by molar-refractivity contribution is 7.99. The summed E-state index contributed by atoms with van der Waals surface area (Å²) in [4.78, 5) is 0. The van der Waals surface area contributed by atoms with E-state index in [9.17, 15) is 0 Å². The first-order valence-electron chi connectivity index (χ1n) is 5.17. The van der Waals surface area contributed by atoms with Gasteiger partial charge in [-0.3, -0.25) is 0 Å². The fraction of sp³-hybridized carbons (Fsp3) is 0.273. The minimum Gasteiger partial charge on any atom is -0.198 e. The Bertz CT molecular complexity index is 516. The molecule has 2 aromatic rings. The number of hydrogen-bond acceptors (Lipinski definition) is 5. The van der Waals surface area contributed by atoms with Gasteiger partial charge in [0, 0.05) is 5.75 Å². The summed E-state index contributed by atoms with van der Waals surface area (Å²) in [6.07, 6.45) is 0. The normalized spacial score (nSPS) is 12.0. The minimum absolute atomic E-state index is 0.0130. The fourth-order valence-corrected chi connectivity index (χ4v) is 2.07. The summed E-state index contributed by atoms with van der Waals surface area (Å²) in [5.74, 6) is 0.671. The van der Waals surface area contributed by atoms with Crippen LogP contribution in [0.25, 0.3) is 5.69 Å². The number of nitriles is 1.